The van der Waals surface area contributed by atoms with Gasteiger partial charge in [0, 0.05) is 62.0 Å². The van der Waals surface area contributed by atoms with Crippen LogP contribution >= 0.6 is 0 Å². The number of alkyl halides is 3. The maximum absolute atomic E-state index is 13.2. The maximum atomic E-state index is 13.2. The fourth-order valence-corrected chi connectivity index (χ4v) is 6.98. The van der Waals surface area contributed by atoms with Gasteiger partial charge in [0.2, 0.25) is 11.8 Å². The lowest BCUT2D eigenvalue weighted by atomic mass is 10.0. The first kappa shape index (κ1) is 31.3. The molecule has 45 heavy (non-hydrogen) atoms. The van der Waals surface area contributed by atoms with Crippen molar-refractivity contribution < 1.29 is 37.4 Å². The van der Waals surface area contributed by atoms with Gasteiger partial charge in [-0.25, -0.2) is 0 Å². The average molecular weight is 630 g/mol. The predicted molar refractivity (Wildman–Crippen MR) is 158 cm³/mol. The van der Waals surface area contributed by atoms with Crippen LogP contribution in [0.5, 0.6) is 5.75 Å². The first-order valence-corrected chi connectivity index (χ1v) is 15.6. The van der Waals surface area contributed by atoms with E-state index >= 15 is 0 Å². The number of halogens is 3. The van der Waals surface area contributed by atoms with Gasteiger partial charge in [0.15, 0.2) is 0 Å². The Balaban J connectivity index is 0.985. The zero-order valence-corrected chi connectivity index (χ0v) is 25.0. The summed E-state index contributed by atoms with van der Waals surface area (Å²) in [6.45, 7) is 4.42. The SMILES string of the molecule is O=C1CCC(N2Cc3c(OCCCN4CCC[C@H]4C(O)N4CCN(c5cccc(C(F)(F)F)c5)CC4)cccc3C2=O)C(=O)N1. The number of imide groups is 1. The number of carbonyl (C=O) groups excluding carboxylic acids is 3. The van der Waals surface area contributed by atoms with Gasteiger partial charge >= 0.3 is 6.18 Å². The number of fused-ring (bicyclic) bond motifs is 1. The van der Waals surface area contributed by atoms with E-state index in [9.17, 15) is 32.7 Å². The van der Waals surface area contributed by atoms with Crippen molar-refractivity contribution in [3.8, 4) is 5.75 Å². The number of anilines is 1. The van der Waals surface area contributed by atoms with Crippen molar-refractivity contribution in [2.75, 3.05) is 50.8 Å². The highest BCUT2D eigenvalue weighted by Gasteiger charge is 2.40. The minimum Gasteiger partial charge on any atom is -0.493 e. The fraction of sp³-hybridized carbons (Fsp3) is 0.531. The molecule has 2 N–H and O–H groups in total. The number of aliphatic hydroxyl groups excluding tert-OH is 1. The molecule has 0 bridgehead atoms. The van der Waals surface area contributed by atoms with E-state index in [1.807, 2.05) is 15.9 Å². The Bertz CT molecular complexity index is 1430. The second-order valence-electron chi connectivity index (χ2n) is 12.1. The smallest absolute Gasteiger partial charge is 0.416 e. The topological polar surface area (TPSA) is 106 Å². The van der Waals surface area contributed by atoms with E-state index in [4.69, 9.17) is 4.74 Å². The normalized spacial score (nSPS) is 23.8. The zero-order chi connectivity index (χ0) is 31.7. The van der Waals surface area contributed by atoms with Crippen molar-refractivity contribution in [2.45, 2.75) is 63.1 Å². The summed E-state index contributed by atoms with van der Waals surface area (Å²) in [5, 5.41) is 13.6. The van der Waals surface area contributed by atoms with E-state index in [0.717, 1.165) is 37.6 Å². The highest BCUT2D eigenvalue weighted by molar-refractivity contribution is 6.05. The summed E-state index contributed by atoms with van der Waals surface area (Å²) in [4.78, 5) is 44.7. The number of nitrogens with one attached hydrogen (secondary N) is 1. The zero-order valence-electron chi connectivity index (χ0n) is 25.0. The van der Waals surface area contributed by atoms with E-state index in [1.54, 1.807) is 18.2 Å². The second kappa shape index (κ2) is 13.0. The Morgan fingerprint density at radius 3 is 2.53 bits per heavy atom. The number of amides is 3. The summed E-state index contributed by atoms with van der Waals surface area (Å²) in [5.41, 5.74) is 1.13. The molecule has 6 rings (SSSR count). The first-order valence-electron chi connectivity index (χ1n) is 15.6. The van der Waals surface area contributed by atoms with Gasteiger partial charge in [0.25, 0.3) is 5.91 Å². The quantitative estimate of drug-likeness (QED) is 0.323. The summed E-state index contributed by atoms with van der Waals surface area (Å²) in [6.07, 6.45) is -2.02. The molecule has 3 atom stereocenters. The van der Waals surface area contributed by atoms with Gasteiger partial charge in [0.05, 0.1) is 18.7 Å². The molecule has 3 fully saturated rings. The number of carbonyl (C=O) groups is 3. The van der Waals surface area contributed by atoms with Gasteiger partial charge < -0.3 is 19.6 Å². The molecule has 242 valence electrons. The number of piperidine rings is 1. The van der Waals surface area contributed by atoms with Crippen LogP contribution in [-0.2, 0) is 22.3 Å². The van der Waals surface area contributed by atoms with Gasteiger partial charge in [-0.15, -0.1) is 0 Å². The monoisotopic (exact) mass is 629 g/mol. The molecule has 0 aromatic heterocycles. The molecule has 3 saturated heterocycles. The molecule has 4 aliphatic rings. The third-order valence-electron chi connectivity index (χ3n) is 9.37. The molecular weight excluding hydrogens is 591 g/mol. The third-order valence-corrected chi connectivity index (χ3v) is 9.37. The van der Waals surface area contributed by atoms with Crippen molar-refractivity contribution in [2.24, 2.45) is 0 Å². The highest BCUT2D eigenvalue weighted by atomic mass is 19.4. The molecule has 0 radical (unpaired) electrons. The Morgan fingerprint density at radius 2 is 1.78 bits per heavy atom. The number of nitrogens with zero attached hydrogens (tertiary/aromatic N) is 4. The van der Waals surface area contributed by atoms with Crippen LogP contribution in [0.15, 0.2) is 42.5 Å². The standard InChI is InChI=1S/C32H38F3N5O5/c33-32(34,35)21-5-1-6-22(19-21)37-14-16-39(17-15-37)31(44)26-8-3-12-38(26)13-4-18-45-27-9-2-7-23-24(27)20-40(30(23)43)25-10-11-28(41)36-29(25)42/h1-2,5-7,9,19,25-26,31,44H,3-4,8,10-18,20H2,(H,36,41,42)/t25?,26-,31?/m0/s1. The molecule has 3 amide bonds. The summed E-state index contributed by atoms with van der Waals surface area (Å²) in [5.74, 6) is -0.412. The van der Waals surface area contributed by atoms with Crippen LogP contribution in [0.1, 0.15) is 53.6 Å². The maximum Gasteiger partial charge on any atom is 0.416 e. The Labute approximate surface area is 259 Å². The van der Waals surface area contributed by atoms with Crippen molar-refractivity contribution in [1.82, 2.24) is 20.0 Å². The largest absolute Gasteiger partial charge is 0.493 e. The second-order valence-corrected chi connectivity index (χ2v) is 12.1. The van der Waals surface area contributed by atoms with Crippen molar-refractivity contribution >= 4 is 23.4 Å². The molecular formula is C32H38F3N5O5. The van der Waals surface area contributed by atoms with E-state index < -0.39 is 29.9 Å². The van der Waals surface area contributed by atoms with Crippen LogP contribution in [0.4, 0.5) is 18.9 Å². The van der Waals surface area contributed by atoms with E-state index in [2.05, 4.69) is 10.2 Å². The Morgan fingerprint density at radius 1 is 1.00 bits per heavy atom. The molecule has 0 aliphatic carbocycles. The first-order chi connectivity index (χ1) is 21.6. The minimum absolute atomic E-state index is 0.0363. The number of likely N-dealkylation sites (tertiary alicyclic amines) is 1. The molecule has 4 aliphatic heterocycles. The van der Waals surface area contributed by atoms with Gasteiger partial charge in [-0.3, -0.25) is 29.5 Å². The van der Waals surface area contributed by atoms with Crippen molar-refractivity contribution in [3.63, 3.8) is 0 Å². The number of hydrogen-bond acceptors (Lipinski definition) is 8. The van der Waals surface area contributed by atoms with Crippen LogP contribution in [0.2, 0.25) is 0 Å². The number of benzene rings is 2. The summed E-state index contributed by atoms with van der Waals surface area (Å²) in [7, 11) is 0. The number of hydrogen-bond donors (Lipinski definition) is 2. The van der Waals surface area contributed by atoms with Gasteiger partial charge in [-0.2, -0.15) is 13.2 Å². The molecule has 2 aromatic rings. The van der Waals surface area contributed by atoms with Crippen molar-refractivity contribution in [1.29, 1.82) is 0 Å². The number of aliphatic hydroxyl groups is 1. The van der Waals surface area contributed by atoms with Crippen LogP contribution in [-0.4, -0.2) is 102 Å². The fourth-order valence-electron chi connectivity index (χ4n) is 6.98. The van der Waals surface area contributed by atoms with Crippen molar-refractivity contribution in [3.05, 3.63) is 59.2 Å². The van der Waals surface area contributed by atoms with Gasteiger partial charge in [0.1, 0.15) is 18.0 Å². The molecule has 2 aromatic carbocycles. The van der Waals surface area contributed by atoms with Gasteiger partial charge in [-0.1, -0.05) is 12.1 Å². The summed E-state index contributed by atoms with van der Waals surface area (Å²) >= 11 is 0. The predicted octanol–water partition coefficient (Wildman–Crippen LogP) is 2.84. The van der Waals surface area contributed by atoms with Crippen LogP contribution in [0.3, 0.4) is 0 Å². The minimum atomic E-state index is -4.38. The Kier molecular flexibility index (Phi) is 9.03. The van der Waals surface area contributed by atoms with Gasteiger partial charge in [-0.05, 0) is 62.6 Å². The van der Waals surface area contributed by atoms with Crippen LogP contribution < -0.4 is 15.0 Å². The lowest BCUT2D eigenvalue weighted by Gasteiger charge is -2.41. The lowest BCUT2D eigenvalue weighted by molar-refractivity contribution is -0.138. The van der Waals surface area contributed by atoms with Crippen LogP contribution in [0.25, 0.3) is 0 Å². The molecule has 10 nitrogen and oxygen atoms in total. The number of ether oxygens (including phenoxy) is 1. The highest BCUT2D eigenvalue weighted by Crippen LogP contribution is 2.34. The number of piperazine rings is 1. The summed E-state index contributed by atoms with van der Waals surface area (Å²) in [6, 6.07) is 9.98. The van der Waals surface area contributed by atoms with E-state index in [0.29, 0.717) is 62.6 Å². The molecule has 0 saturated carbocycles. The Hall–Kier alpha value is -3.68. The van der Waals surface area contributed by atoms with E-state index in [1.165, 1.54) is 17.0 Å². The third kappa shape index (κ3) is 6.66. The number of rotatable bonds is 9. The lowest BCUT2D eigenvalue weighted by Crippen LogP contribution is -2.56. The molecule has 13 heteroatoms. The van der Waals surface area contributed by atoms with E-state index in [-0.39, 0.29) is 30.8 Å². The molecule has 0 spiro atoms. The average Bonchev–Trinajstić information content (AvgIpc) is 3.63. The molecule has 2 unspecified atom stereocenters. The summed E-state index contributed by atoms with van der Waals surface area (Å²) < 4.78 is 45.6. The molecule has 4 heterocycles. The van der Waals surface area contributed by atoms with Crippen LogP contribution in [0, 0.1) is 0 Å².